The highest BCUT2D eigenvalue weighted by Gasteiger charge is 2.61. The minimum atomic E-state index is -1.44. The Morgan fingerprint density at radius 3 is 2.63 bits per heavy atom. The number of carboxylic acid groups (broad SMARTS) is 1. The van der Waals surface area contributed by atoms with Gasteiger partial charge in [-0.2, -0.15) is 0 Å². The van der Waals surface area contributed by atoms with Crippen LogP contribution in [0.5, 0.6) is 5.75 Å². The summed E-state index contributed by atoms with van der Waals surface area (Å²) in [6, 6.07) is 8.15. The summed E-state index contributed by atoms with van der Waals surface area (Å²) < 4.78 is 11.4. The highest BCUT2D eigenvalue weighted by molar-refractivity contribution is 5.95. The number of rotatable bonds is 8. The quantitative estimate of drug-likeness (QED) is 0.446. The molecule has 1 saturated carbocycles. The first-order valence-electron chi connectivity index (χ1n) is 12.4. The van der Waals surface area contributed by atoms with Crippen LogP contribution in [-0.2, 0) is 19.1 Å². The lowest BCUT2D eigenvalue weighted by molar-refractivity contribution is -0.145. The average Bonchev–Trinajstić information content (AvgIpc) is 3.41. The number of hydrogen-bond acceptors (Lipinski definition) is 7. The molecule has 2 aliphatic rings. The van der Waals surface area contributed by atoms with Crippen molar-refractivity contribution in [3.05, 3.63) is 49.2 Å². The van der Waals surface area contributed by atoms with Gasteiger partial charge in [-0.05, 0) is 45.4 Å². The summed E-state index contributed by atoms with van der Waals surface area (Å²) in [7, 11) is 0. The Balaban J connectivity index is 1.52. The van der Waals surface area contributed by atoms with Crippen LogP contribution >= 0.6 is 0 Å². The van der Waals surface area contributed by atoms with Gasteiger partial charge in [0.15, 0.2) is 0 Å². The van der Waals surface area contributed by atoms with E-state index >= 15 is 0 Å². The number of fused-ring (bicyclic) bond motifs is 1. The molecule has 38 heavy (non-hydrogen) atoms. The molecule has 3 N–H and O–H groups in total. The van der Waals surface area contributed by atoms with Gasteiger partial charge < -0.3 is 30.1 Å². The van der Waals surface area contributed by atoms with Gasteiger partial charge in [0.05, 0.1) is 12.1 Å². The maximum Gasteiger partial charge on any atom is 0.408 e. The lowest BCUT2D eigenvalue weighted by atomic mass is 10.1. The van der Waals surface area contributed by atoms with Crippen molar-refractivity contribution in [1.82, 2.24) is 20.5 Å². The number of alkyl carbamates (subject to hydrolysis) is 1. The zero-order valence-corrected chi connectivity index (χ0v) is 21.6. The molecule has 1 saturated heterocycles. The van der Waals surface area contributed by atoms with Crippen molar-refractivity contribution < 1.29 is 33.8 Å². The predicted octanol–water partition coefficient (Wildman–Crippen LogP) is 2.25. The van der Waals surface area contributed by atoms with Crippen molar-refractivity contribution in [2.75, 3.05) is 13.1 Å². The fraction of sp³-hybridized carbons (Fsp3) is 0.444. The second-order valence-electron chi connectivity index (χ2n) is 10.5. The first-order chi connectivity index (χ1) is 17.9. The third-order valence-corrected chi connectivity index (χ3v) is 6.60. The summed E-state index contributed by atoms with van der Waals surface area (Å²) in [6.07, 6.45) is 2.15. The SMILES string of the molecule is C=C[C@H]1CC1(NC(=O)[C@@H]1C[C@@H](Oc2ccnc3ccccc23)CN1C(=O)CNC(=O)OC(C)(C)C)C(=O)O. The molecule has 4 rings (SSSR count). The Hall–Kier alpha value is -4.15. The molecule has 0 spiro atoms. The first-order valence-corrected chi connectivity index (χ1v) is 12.4. The first kappa shape index (κ1) is 26.9. The van der Waals surface area contributed by atoms with Crippen LogP contribution in [-0.4, -0.2) is 75.2 Å². The zero-order valence-electron chi connectivity index (χ0n) is 21.6. The van der Waals surface area contributed by atoms with Crippen molar-refractivity contribution in [3.8, 4) is 5.75 Å². The third-order valence-electron chi connectivity index (χ3n) is 6.60. The van der Waals surface area contributed by atoms with Gasteiger partial charge >= 0.3 is 12.1 Å². The fourth-order valence-electron chi connectivity index (χ4n) is 4.64. The van der Waals surface area contributed by atoms with Gasteiger partial charge in [-0.1, -0.05) is 18.2 Å². The maximum atomic E-state index is 13.3. The van der Waals surface area contributed by atoms with E-state index in [9.17, 15) is 24.3 Å². The van der Waals surface area contributed by atoms with Gasteiger partial charge in [0, 0.05) is 23.9 Å². The highest BCUT2D eigenvalue weighted by Crippen LogP contribution is 2.45. The van der Waals surface area contributed by atoms with Crippen molar-refractivity contribution in [3.63, 3.8) is 0 Å². The number of carbonyl (C=O) groups is 4. The molecule has 1 aliphatic heterocycles. The molecule has 3 amide bonds. The Kier molecular flexibility index (Phi) is 7.30. The van der Waals surface area contributed by atoms with Crippen LogP contribution in [0, 0.1) is 5.92 Å². The number of amides is 3. The number of aliphatic carboxylic acids is 1. The molecule has 1 aromatic heterocycles. The van der Waals surface area contributed by atoms with Crippen LogP contribution in [0.4, 0.5) is 4.79 Å². The van der Waals surface area contributed by atoms with E-state index in [-0.39, 0.29) is 19.4 Å². The van der Waals surface area contributed by atoms with E-state index in [1.165, 1.54) is 11.0 Å². The number of para-hydroxylation sites is 1. The lowest BCUT2D eigenvalue weighted by Gasteiger charge is -2.26. The summed E-state index contributed by atoms with van der Waals surface area (Å²) >= 11 is 0. The number of aromatic nitrogens is 1. The molecule has 2 fully saturated rings. The number of benzene rings is 1. The maximum absolute atomic E-state index is 13.3. The summed E-state index contributed by atoms with van der Waals surface area (Å²) in [6.45, 7) is 8.41. The van der Waals surface area contributed by atoms with E-state index in [4.69, 9.17) is 9.47 Å². The van der Waals surface area contributed by atoms with Gasteiger partial charge in [0.2, 0.25) is 11.8 Å². The van der Waals surface area contributed by atoms with Gasteiger partial charge in [0.1, 0.15) is 35.6 Å². The molecule has 1 aromatic carbocycles. The van der Waals surface area contributed by atoms with E-state index in [0.717, 1.165) is 10.9 Å². The Labute approximate surface area is 220 Å². The molecule has 11 nitrogen and oxygen atoms in total. The monoisotopic (exact) mass is 524 g/mol. The second-order valence-corrected chi connectivity index (χ2v) is 10.5. The Bertz CT molecular complexity index is 1270. The van der Waals surface area contributed by atoms with E-state index in [1.807, 2.05) is 24.3 Å². The van der Waals surface area contributed by atoms with Crippen LogP contribution in [0.15, 0.2) is 49.2 Å². The average molecular weight is 525 g/mol. The molecule has 2 heterocycles. The molecule has 202 valence electrons. The summed E-state index contributed by atoms with van der Waals surface area (Å²) in [5.74, 6) is -2.14. The normalized spacial score (nSPS) is 24.4. The largest absolute Gasteiger partial charge is 0.488 e. The molecule has 0 bridgehead atoms. The highest BCUT2D eigenvalue weighted by atomic mass is 16.6. The molecule has 1 aliphatic carbocycles. The van der Waals surface area contributed by atoms with Gasteiger partial charge in [0.25, 0.3) is 0 Å². The van der Waals surface area contributed by atoms with Crippen LogP contribution in [0.3, 0.4) is 0 Å². The predicted molar refractivity (Wildman–Crippen MR) is 137 cm³/mol. The minimum Gasteiger partial charge on any atom is -0.488 e. The van der Waals surface area contributed by atoms with Crippen LogP contribution in [0.2, 0.25) is 0 Å². The number of nitrogens with one attached hydrogen (secondary N) is 2. The van der Waals surface area contributed by atoms with Crippen molar-refractivity contribution >= 4 is 34.8 Å². The third kappa shape index (κ3) is 5.71. The number of pyridine rings is 1. The van der Waals surface area contributed by atoms with Crippen LogP contribution in [0.25, 0.3) is 10.9 Å². The number of nitrogens with zero attached hydrogens (tertiary/aromatic N) is 2. The summed E-state index contributed by atoms with van der Waals surface area (Å²) in [4.78, 5) is 56.1. The lowest BCUT2D eigenvalue weighted by Crippen LogP contribution is -2.54. The molecule has 11 heteroatoms. The van der Waals surface area contributed by atoms with Crippen molar-refractivity contribution in [2.24, 2.45) is 5.92 Å². The van der Waals surface area contributed by atoms with Crippen LogP contribution < -0.4 is 15.4 Å². The smallest absolute Gasteiger partial charge is 0.408 e. The van der Waals surface area contributed by atoms with Crippen molar-refractivity contribution in [2.45, 2.75) is 56.9 Å². The zero-order chi connectivity index (χ0) is 27.7. The molecule has 0 radical (unpaired) electrons. The molecule has 2 aromatic rings. The second kappa shape index (κ2) is 10.3. The van der Waals surface area contributed by atoms with E-state index < -0.39 is 59.6 Å². The van der Waals surface area contributed by atoms with Crippen LogP contribution in [0.1, 0.15) is 33.6 Å². The summed E-state index contributed by atoms with van der Waals surface area (Å²) in [5, 5.41) is 15.5. The standard InChI is InChI=1S/C27H32N4O7/c1-5-16-13-27(16,24(34)35)30-23(33)20-12-17(37-21-10-11-28-19-9-7-6-8-18(19)21)15-31(20)22(32)14-29-25(36)38-26(2,3)4/h5-11,16-17,20H,1,12-15H2,2-4H3,(H,29,36)(H,30,33)(H,34,35)/t16-,17+,20-,27?/m0/s1. The number of hydrogen-bond donors (Lipinski definition) is 3. The van der Waals surface area contributed by atoms with Gasteiger partial charge in [-0.15, -0.1) is 6.58 Å². The fourth-order valence-corrected chi connectivity index (χ4v) is 4.64. The Morgan fingerprint density at radius 2 is 1.97 bits per heavy atom. The molecular formula is C27H32N4O7. The van der Waals surface area contributed by atoms with Gasteiger partial charge in [-0.25, -0.2) is 9.59 Å². The Morgan fingerprint density at radius 1 is 1.24 bits per heavy atom. The molecule has 1 unspecified atom stereocenters. The molecule has 4 atom stereocenters. The number of carbonyl (C=O) groups excluding carboxylic acids is 3. The number of carboxylic acids is 1. The topological polar surface area (TPSA) is 147 Å². The number of likely N-dealkylation sites (tertiary alicyclic amines) is 1. The van der Waals surface area contributed by atoms with Gasteiger partial charge in [-0.3, -0.25) is 14.6 Å². The van der Waals surface area contributed by atoms with E-state index in [0.29, 0.717) is 5.75 Å². The van der Waals surface area contributed by atoms with E-state index in [2.05, 4.69) is 22.2 Å². The molecular weight excluding hydrogens is 492 g/mol. The van der Waals surface area contributed by atoms with E-state index in [1.54, 1.807) is 33.0 Å². The summed E-state index contributed by atoms with van der Waals surface area (Å²) in [5.41, 5.74) is -1.45. The number of ether oxygens (including phenoxy) is 2. The minimum absolute atomic E-state index is 0.0640. The van der Waals surface area contributed by atoms with Crippen molar-refractivity contribution in [1.29, 1.82) is 0 Å².